The number of nitrogens with zero attached hydrogens (tertiary/aromatic N) is 3. The summed E-state index contributed by atoms with van der Waals surface area (Å²) in [6.45, 7) is 0. The molecule has 0 fully saturated rings. The summed E-state index contributed by atoms with van der Waals surface area (Å²) in [5.41, 5.74) is 1.81. The number of benzene rings is 2. The van der Waals surface area contributed by atoms with E-state index in [4.69, 9.17) is 0 Å². The van der Waals surface area contributed by atoms with Gasteiger partial charge in [-0.1, -0.05) is 53.7 Å². The fourth-order valence-corrected chi connectivity index (χ4v) is 3.66. The van der Waals surface area contributed by atoms with Gasteiger partial charge in [0, 0.05) is 11.6 Å². The summed E-state index contributed by atoms with van der Waals surface area (Å²) in [6, 6.07) is 19.9. The van der Waals surface area contributed by atoms with E-state index >= 15 is 0 Å². The zero-order chi connectivity index (χ0) is 18.0. The van der Waals surface area contributed by atoms with Gasteiger partial charge in [-0.2, -0.15) is 5.10 Å². The van der Waals surface area contributed by atoms with Crippen LogP contribution in [0.5, 0.6) is 0 Å². The van der Waals surface area contributed by atoms with Gasteiger partial charge in [0.05, 0.1) is 11.9 Å². The number of hydrogen-bond acceptors (Lipinski definition) is 5. The molecule has 0 aliphatic rings. The van der Waals surface area contributed by atoms with Gasteiger partial charge in [-0.15, -0.1) is 0 Å². The minimum atomic E-state index is -3.91. The molecule has 1 N–H and O–H groups in total. The second-order valence-corrected chi connectivity index (χ2v) is 7.13. The van der Waals surface area contributed by atoms with Gasteiger partial charge >= 0.3 is 0 Å². The van der Waals surface area contributed by atoms with Gasteiger partial charge in [0.15, 0.2) is 5.82 Å². The first-order chi connectivity index (χ1) is 12.6. The average Bonchev–Trinajstić information content (AvgIpc) is 3.33. The molecule has 0 unspecified atom stereocenters. The molecule has 0 saturated heterocycles. The van der Waals surface area contributed by atoms with Crippen molar-refractivity contribution in [1.29, 1.82) is 0 Å². The Hall–Kier alpha value is -3.39. The molecule has 4 aromatic rings. The molecule has 26 heavy (non-hydrogen) atoms. The van der Waals surface area contributed by atoms with Gasteiger partial charge < -0.3 is 4.52 Å². The van der Waals surface area contributed by atoms with Crippen molar-refractivity contribution in [3.63, 3.8) is 0 Å². The van der Waals surface area contributed by atoms with E-state index in [1.54, 1.807) is 4.68 Å². The predicted octanol–water partition coefficient (Wildman–Crippen LogP) is 3.33. The molecule has 0 aliphatic heterocycles. The Morgan fingerprint density at radius 3 is 2.27 bits per heavy atom. The maximum atomic E-state index is 12.9. The summed E-state index contributed by atoms with van der Waals surface area (Å²) in [7, 11) is -3.91. The van der Waals surface area contributed by atoms with Crippen LogP contribution >= 0.6 is 0 Å². The summed E-state index contributed by atoms with van der Waals surface area (Å²) in [5.74, 6) is 0.108. The summed E-state index contributed by atoms with van der Waals surface area (Å²) in [4.78, 5) is 0.0514. The number of anilines is 1. The molecule has 8 heteroatoms. The van der Waals surface area contributed by atoms with E-state index in [0.717, 1.165) is 5.69 Å². The van der Waals surface area contributed by atoms with Crippen LogP contribution in [0.4, 0.5) is 5.82 Å². The van der Waals surface area contributed by atoms with Crippen LogP contribution in [0, 0.1) is 0 Å². The van der Waals surface area contributed by atoms with Crippen molar-refractivity contribution in [2.75, 3.05) is 4.72 Å². The highest BCUT2D eigenvalue weighted by Gasteiger charge is 2.25. The van der Waals surface area contributed by atoms with Crippen LogP contribution in [0.25, 0.3) is 16.9 Å². The maximum Gasteiger partial charge on any atom is 0.266 e. The van der Waals surface area contributed by atoms with Crippen LogP contribution < -0.4 is 4.72 Å². The van der Waals surface area contributed by atoms with Gasteiger partial charge in [0.25, 0.3) is 10.0 Å². The standard InChI is InChI=1S/C18H14N4O3S/c23-26(24,21-17-11-12-25-20-17)16-13-22(15-9-5-2-6-10-15)19-18(16)14-7-3-1-4-8-14/h1-13H,(H,20,21). The first kappa shape index (κ1) is 16.1. The molecule has 130 valence electrons. The van der Waals surface area contributed by atoms with Crippen LogP contribution in [-0.4, -0.2) is 23.4 Å². The molecule has 0 atom stereocenters. The van der Waals surface area contributed by atoms with Crippen molar-refractivity contribution < 1.29 is 12.9 Å². The van der Waals surface area contributed by atoms with E-state index < -0.39 is 10.0 Å². The van der Waals surface area contributed by atoms with E-state index in [1.807, 2.05) is 60.7 Å². The monoisotopic (exact) mass is 366 g/mol. The number of para-hydroxylation sites is 1. The van der Waals surface area contributed by atoms with Crippen molar-refractivity contribution >= 4 is 15.8 Å². The molecule has 0 aliphatic carbocycles. The van der Waals surface area contributed by atoms with Gasteiger partial charge in [-0.25, -0.2) is 13.1 Å². The topological polar surface area (TPSA) is 90.0 Å². The van der Waals surface area contributed by atoms with Crippen LogP contribution in [0.15, 0.2) is 88.6 Å². The van der Waals surface area contributed by atoms with Crippen LogP contribution in [-0.2, 0) is 10.0 Å². The average molecular weight is 366 g/mol. The third kappa shape index (κ3) is 3.09. The third-order valence-corrected chi connectivity index (χ3v) is 5.07. The highest BCUT2D eigenvalue weighted by Crippen LogP contribution is 2.28. The van der Waals surface area contributed by atoms with Crippen LogP contribution in [0.2, 0.25) is 0 Å². The number of hydrogen-bond donors (Lipinski definition) is 1. The van der Waals surface area contributed by atoms with Crippen molar-refractivity contribution in [2.45, 2.75) is 4.90 Å². The second-order valence-electron chi connectivity index (χ2n) is 5.48. The molecule has 0 bridgehead atoms. The molecule has 4 rings (SSSR count). The van der Waals surface area contributed by atoms with Crippen molar-refractivity contribution in [2.24, 2.45) is 0 Å². The third-order valence-electron chi connectivity index (χ3n) is 3.71. The highest BCUT2D eigenvalue weighted by atomic mass is 32.2. The summed E-state index contributed by atoms with van der Waals surface area (Å²) < 4.78 is 34.4. The van der Waals surface area contributed by atoms with Crippen LogP contribution in [0.3, 0.4) is 0 Å². The molecule has 0 spiro atoms. The van der Waals surface area contributed by atoms with Gasteiger partial charge in [0.2, 0.25) is 0 Å². The van der Waals surface area contributed by atoms with E-state index in [2.05, 4.69) is 19.5 Å². The Kier molecular flexibility index (Phi) is 4.02. The largest absolute Gasteiger partial charge is 0.363 e. The van der Waals surface area contributed by atoms with Gasteiger partial charge in [0.1, 0.15) is 16.9 Å². The molecule has 7 nitrogen and oxygen atoms in total. The lowest BCUT2D eigenvalue weighted by molar-refractivity contribution is 0.423. The summed E-state index contributed by atoms with van der Waals surface area (Å²) >= 11 is 0. The van der Waals surface area contributed by atoms with E-state index in [9.17, 15) is 8.42 Å². The Morgan fingerprint density at radius 1 is 0.923 bits per heavy atom. The van der Waals surface area contributed by atoms with E-state index in [-0.39, 0.29) is 10.7 Å². The van der Waals surface area contributed by atoms with Crippen LogP contribution in [0.1, 0.15) is 0 Å². The van der Waals surface area contributed by atoms with Crippen molar-refractivity contribution in [3.8, 4) is 16.9 Å². The second kappa shape index (κ2) is 6.49. The van der Waals surface area contributed by atoms with Crippen molar-refractivity contribution in [3.05, 3.63) is 79.2 Å². The first-order valence-electron chi connectivity index (χ1n) is 7.77. The molecule has 2 aromatic heterocycles. The quantitative estimate of drug-likeness (QED) is 0.585. The van der Waals surface area contributed by atoms with Gasteiger partial charge in [-0.3, -0.25) is 4.72 Å². The fraction of sp³-hybridized carbons (Fsp3) is 0. The van der Waals surface area contributed by atoms with E-state index in [0.29, 0.717) is 11.3 Å². The molecule has 2 heterocycles. The lowest BCUT2D eigenvalue weighted by atomic mass is 10.2. The SMILES string of the molecule is O=S(=O)(Nc1ccon1)c1cn(-c2ccccc2)nc1-c1ccccc1. The lowest BCUT2D eigenvalue weighted by Crippen LogP contribution is -2.13. The molecule has 0 amide bonds. The van der Waals surface area contributed by atoms with Gasteiger partial charge in [-0.05, 0) is 12.1 Å². The Balaban J connectivity index is 1.86. The minimum Gasteiger partial charge on any atom is -0.363 e. The molecule has 2 aromatic carbocycles. The van der Waals surface area contributed by atoms with Crippen molar-refractivity contribution in [1.82, 2.24) is 14.9 Å². The Bertz CT molecular complexity index is 1110. The number of sulfonamides is 1. The highest BCUT2D eigenvalue weighted by molar-refractivity contribution is 7.92. The summed E-state index contributed by atoms with van der Waals surface area (Å²) in [5, 5.41) is 8.10. The lowest BCUT2D eigenvalue weighted by Gasteiger charge is -2.04. The first-order valence-corrected chi connectivity index (χ1v) is 9.25. The number of nitrogens with one attached hydrogen (secondary N) is 1. The van der Waals surface area contributed by atoms with E-state index in [1.165, 1.54) is 18.5 Å². The zero-order valence-electron chi connectivity index (χ0n) is 13.5. The Labute approximate surface area is 149 Å². The molecular formula is C18H14N4O3S. The fourth-order valence-electron chi connectivity index (χ4n) is 2.52. The minimum absolute atomic E-state index is 0.0514. The zero-order valence-corrected chi connectivity index (χ0v) is 14.3. The Morgan fingerprint density at radius 2 is 1.62 bits per heavy atom. The summed E-state index contributed by atoms with van der Waals surface area (Å²) in [6.07, 6.45) is 2.78. The molecular weight excluding hydrogens is 352 g/mol. The normalized spacial score (nSPS) is 11.4. The molecule has 0 saturated carbocycles. The number of rotatable bonds is 5. The molecule has 0 radical (unpaired) electrons. The smallest absolute Gasteiger partial charge is 0.266 e. The predicted molar refractivity (Wildman–Crippen MR) is 96.3 cm³/mol. The maximum absolute atomic E-state index is 12.9. The number of aromatic nitrogens is 3.